The van der Waals surface area contributed by atoms with E-state index >= 15 is 0 Å². The minimum absolute atomic E-state index is 0.0814. The Hall–Kier alpha value is -2.09. The van der Waals surface area contributed by atoms with Crippen molar-refractivity contribution >= 4 is 16.5 Å². The van der Waals surface area contributed by atoms with Crippen LogP contribution in [-0.4, -0.2) is 38.5 Å². The van der Waals surface area contributed by atoms with E-state index in [1.807, 2.05) is 36.4 Å². The Bertz CT molecular complexity index is 619. The molecule has 0 bridgehead atoms. The van der Waals surface area contributed by atoms with E-state index in [2.05, 4.69) is 11.0 Å². The van der Waals surface area contributed by atoms with Gasteiger partial charge in [0.15, 0.2) is 0 Å². The highest BCUT2D eigenvalue weighted by Gasteiger charge is 2.11. The first-order valence-electron chi connectivity index (χ1n) is 6.58. The van der Waals surface area contributed by atoms with Gasteiger partial charge in [0, 0.05) is 36.7 Å². The lowest BCUT2D eigenvalue weighted by Crippen LogP contribution is -2.30. The lowest BCUT2D eigenvalue weighted by atomic mass is 10.0. The van der Waals surface area contributed by atoms with Crippen LogP contribution in [0.1, 0.15) is 5.56 Å². The average molecular weight is 270 g/mol. The van der Waals surface area contributed by atoms with Gasteiger partial charge in [-0.15, -0.1) is 0 Å². The normalized spacial score (nSPS) is 10.4. The molecule has 2 aromatic carbocycles. The smallest absolute Gasteiger partial charge is 0.0998 e. The third-order valence-corrected chi connectivity index (χ3v) is 3.30. The molecule has 0 saturated heterocycles. The Morgan fingerprint density at radius 2 is 1.90 bits per heavy atom. The molecular weight excluding hydrogens is 252 g/mol. The number of benzene rings is 2. The quantitative estimate of drug-likeness (QED) is 0.874. The number of aliphatic hydroxyl groups excluding tert-OH is 1. The standard InChI is InChI=1S/C16H18N2O2/c1-20-11-9-18(8-10-19)16-7-6-13(12-17)14-4-2-3-5-15(14)16/h2-7,19H,8-11H2,1H3. The van der Waals surface area contributed by atoms with Crippen molar-refractivity contribution in [1.29, 1.82) is 5.26 Å². The van der Waals surface area contributed by atoms with Crippen molar-refractivity contribution in [3.63, 3.8) is 0 Å². The van der Waals surface area contributed by atoms with Gasteiger partial charge in [0.05, 0.1) is 24.8 Å². The molecule has 0 spiro atoms. The van der Waals surface area contributed by atoms with Crippen molar-refractivity contribution < 1.29 is 9.84 Å². The fraction of sp³-hybridized carbons (Fsp3) is 0.312. The second-order valence-corrected chi connectivity index (χ2v) is 4.49. The summed E-state index contributed by atoms with van der Waals surface area (Å²) < 4.78 is 5.12. The maximum atomic E-state index is 9.24. The Morgan fingerprint density at radius 1 is 1.15 bits per heavy atom. The molecule has 0 amide bonds. The molecule has 104 valence electrons. The SMILES string of the molecule is COCCN(CCO)c1ccc(C#N)c2ccccc12. The zero-order valence-corrected chi connectivity index (χ0v) is 11.5. The summed E-state index contributed by atoms with van der Waals surface area (Å²) in [4.78, 5) is 2.08. The van der Waals surface area contributed by atoms with Gasteiger partial charge in [-0.25, -0.2) is 0 Å². The van der Waals surface area contributed by atoms with Gasteiger partial charge in [0.2, 0.25) is 0 Å². The Labute approximate surface area is 118 Å². The fourth-order valence-corrected chi connectivity index (χ4v) is 2.33. The molecule has 0 aromatic heterocycles. The van der Waals surface area contributed by atoms with Gasteiger partial charge in [-0.2, -0.15) is 5.26 Å². The van der Waals surface area contributed by atoms with E-state index in [4.69, 9.17) is 4.74 Å². The predicted molar refractivity (Wildman–Crippen MR) is 79.8 cm³/mol. The summed E-state index contributed by atoms with van der Waals surface area (Å²) in [6, 6.07) is 13.8. The van der Waals surface area contributed by atoms with Gasteiger partial charge in [0.1, 0.15) is 0 Å². The number of fused-ring (bicyclic) bond motifs is 1. The predicted octanol–water partition coefficient (Wildman–Crippen LogP) is 2.16. The van der Waals surface area contributed by atoms with Gasteiger partial charge < -0.3 is 14.7 Å². The highest BCUT2D eigenvalue weighted by Crippen LogP contribution is 2.29. The van der Waals surface area contributed by atoms with E-state index in [1.54, 1.807) is 7.11 Å². The van der Waals surface area contributed by atoms with Crippen LogP contribution in [0.2, 0.25) is 0 Å². The number of anilines is 1. The number of hydrogen-bond donors (Lipinski definition) is 1. The van der Waals surface area contributed by atoms with Crippen molar-refractivity contribution in [1.82, 2.24) is 0 Å². The van der Waals surface area contributed by atoms with Gasteiger partial charge in [-0.1, -0.05) is 24.3 Å². The molecule has 0 atom stereocenters. The van der Waals surface area contributed by atoms with E-state index in [9.17, 15) is 10.4 Å². The van der Waals surface area contributed by atoms with E-state index in [-0.39, 0.29) is 6.61 Å². The zero-order valence-electron chi connectivity index (χ0n) is 11.5. The molecule has 0 aliphatic carbocycles. The molecule has 4 nitrogen and oxygen atoms in total. The van der Waals surface area contributed by atoms with Crippen LogP contribution in [0.5, 0.6) is 0 Å². The zero-order chi connectivity index (χ0) is 14.4. The van der Waals surface area contributed by atoms with Crippen LogP contribution in [0, 0.1) is 11.3 Å². The first kappa shape index (κ1) is 14.3. The van der Waals surface area contributed by atoms with Gasteiger partial charge in [0.25, 0.3) is 0 Å². The van der Waals surface area contributed by atoms with E-state index in [0.29, 0.717) is 25.3 Å². The average Bonchev–Trinajstić information content (AvgIpc) is 2.50. The van der Waals surface area contributed by atoms with Crippen molar-refractivity contribution in [3.05, 3.63) is 42.0 Å². The number of methoxy groups -OCH3 is 1. The number of hydrogen-bond acceptors (Lipinski definition) is 4. The second kappa shape index (κ2) is 6.90. The fourth-order valence-electron chi connectivity index (χ4n) is 2.33. The molecule has 0 saturated carbocycles. The summed E-state index contributed by atoms with van der Waals surface area (Å²) in [5.41, 5.74) is 1.69. The minimum atomic E-state index is 0.0814. The van der Waals surface area contributed by atoms with Crippen LogP contribution in [0.4, 0.5) is 5.69 Å². The number of ether oxygens (including phenoxy) is 1. The molecule has 0 aliphatic heterocycles. The molecule has 2 rings (SSSR count). The first-order valence-corrected chi connectivity index (χ1v) is 6.58. The van der Waals surface area contributed by atoms with Crippen LogP contribution in [0.3, 0.4) is 0 Å². The van der Waals surface area contributed by atoms with Crippen molar-refractivity contribution in [3.8, 4) is 6.07 Å². The molecule has 20 heavy (non-hydrogen) atoms. The Morgan fingerprint density at radius 3 is 2.55 bits per heavy atom. The molecule has 0 unspecified atom stereocenters. The van der Waals surface area contributed by atoms with Crippen LogP contribution < -0.4 is 4.90 Å². The topological polar surface area (TPSA) is 56.5 Å². The van der Waals surface area contributed by atoms with Crippen LogP contribution in [-0.2, 0) is 4.74 Å². The minimum Gasteiger partial charge on any atom is -0.395 e. The molecule has 0 heterocycles. The third-order valence-electron chi connectivity index (χ3n) is 3.30. The van der Waals surface area contributed by atoms with Gasteiger partial charge in [-0.3, -0.25) is 0 Å². The summed E-state index contributed by atoms with van der Waals surface area (Å²) in [6.45, 7) is 1.92. The Kier molecular flexibility index (Phi) is 4.94. The van der Waals surface area contributed by atoms with Crippen LogP contribution >= 0.6 is 0 Å². The Balaban J connectivity index is 2.50. The summed E-state index contributed by atoms with van der Waals surface area (Å²) in [5.74, 6) is 0. The number of rotatable bonds is 6. The largest absolute Gasteiger partial charge is 0.395 e. The van der Waals surface area contributed by atoms with E-state index in [1.165, 1.54) is 0 Å². The summed E-state index contributed by atoms with van der Waals surface area (Å²) in [7, 11) is 1.66. The monoisotopic (exact) mass is 270 g/mol. The van der Waals surface area contributed by atoms with E-state index < -0.39 is 0 Å². The van der Waals surface area contributed by atoms with Crippen LogP contribution in [0.15, 0.2) is 36.4 Å². The third kappa shape index (κ3) is 2.90. The lowest BCUT2D eigenvalue weighted by Gasteiger charge is -2.25. The van der Waals surface area contributed by atoms with Crippen molar-refractivity contribution in [2.45, 2.75) is 0 Å². The molecule has 2 aromatic rings. The van der Waals surface area contributed by atoms with Gasteiger partial charge >= 0.3 is 0 Å². The summed E-state index contributed by atoms with van der Waals surface area (Å²) >= 11 is 0. The van der Waals surface area contributed by atoms with E-state index in [0.717, 1.165) is 16.5 Å². The summed E-state index contributed by atoms with van der Waals surface area (Å²) in [5, 5.41) is 20.4. The molecule has 0 aliphatic rings. The van der Waals surface area contributed by atoms with Crippen molar-refractivity contribution in [2.75, 3.05) is 38.3 Å². The van der Waals surface area contributed by atoms with Crippen molar-refractivity contribution in [2.24, 2.45) is 0 Å². The first-order chi connectivity index (χ1) is 9.81. The summed E-state index contributed by atoms with van der Waals surface area (Å²) in [6.07, 6.45) is 0. The molecule has 0 radical (unpaired) electrons. The molecule has 0 fully saturated rings. The number of nitriles is 1. The maximum Gasteiger partial charge on any atom is 0.0998 e. The highest BCUT2D eigenvalue weighted by atomic mass is 16.5. The molecular formula is C16H18N2O2. The maximum absolute atomic E-state index is 9.24. The molecule has 1 N–H and O–H groups in total. The number of aliphatic hydroxyl groups is 1. The highest BCUT2D eigenvalue weighted by molar-refractivity contribution is 5.97. The molecule has 4 heteroatoms. The number of nitrogens with zero attached hydrogens (tertiary/aromatic N) is 2. The lowest BCUT2D eigenvalue weighted by molar-refractivity contribution is 0.203. The van der Waals surface area contributed by atoms with Crippen LogP contribution in [0.25, 0.3) is 10.8 Å². The second-order valence-electron chi connectivity index (χ2n) is 4.49. The van der Waals surface area contributed by atoms with Gasteiger partial charge in [-0.05, 0) is 12.1 Å².